The van der Waals surface area contributed by atoms with Gasteiger partial charge in [-0.1, -0.05) is 6.92 Å². The minimum atomic E-state index is -0.735. The van der Waals surface area contributed by atoms with E-state index < -0.39 is 11.5 Å². The molecule has 0 bridgehead atoms. The molecule has 0 amide bonds. The van der Waals surface area contributed by atoms with Gasteiger partial charge in [0.1, 0.15) is 5.54 Å². The number of aliphatic carboxylic acids is 1. The van der Waals surface area contributed by atoms with Crippen molar-refractivity contribution in [3.05, 3.63) is 0 Å². The van der Waals surface area contributed by atoms with Gasteiger partial charge in [-0.2, -0.15) is 0 Å². The van der Waals surface area contributed by atoms with Crippen molar-refractivity contribution in [2.45, 2.75) is 57.0 Å². The number of hydrogen-bond donors (Lipinski definition) is 2. The molecule has 5 heteroatoms. The Morgan fingerprint density at radius 3 is 2.81 bits per heavy atom. The summed E-state index contributed by atoms with van der Waals surface area (Å²) in [6, 6.07) is 0.332. The molecular weight excluding hydrogens is 268 g/mol. The molecule has 2 rings (SSSR count). The zero-order valence-corrected chi connectivity index (χ0v) is 13.4. The molecule has 2 fully saturated rings. The zero-order valence-electron chi connectivity index (χ0n) is 13.4. The molecule has 0 aromatic carbocycles. The number of nitrogens with one attached hydrogen (secondary N) is 1. The van der Waals surface area contributed by atoms with Crippen LogP contribution in [0, 0.1) is 5.92 Å². The van der Waals surface area contributed by atoms with Crippen LogP contribution in [0.25, 0.3) is 0 Å². The average Bonchev–Trinajstić information content (AvgIpc) is 3.28. The molecule has 2 saturated carbocycles. The van der Waals surface area contributed by atoms with E-state index in [-0.39, 0.29) is 0 Å². The van der Waals surface area contributed by atoms with Gasteiger partial charge in [-0.3, -0.25) is 4.79 Å². The average molecular weight is 298 g/mol. The topological polar surface area (TPSA) is 61.8 Å². The Kier molecular flexibility index (Phi) is 6.02. The van der Waals surface area contributed by atoms with Gasteiger partial charge in [0, 0.05) is 19.2 Å². The van der Waals surface area contributed by atoms with Crippen molar-refractivity contribution in [1.82, 2.24) is 10.2 Å². The second kappa shape index (κ2) is 7.56. The lowest BCUT2D eigenvalue weighted by atomic mass is 9.78. The standard InChI is InChI=1S/C16H30N2O3/c1-3-17-16(15(19)20)8-4-5-14(11-16)18(2)9-10-21-12-13-6-7-13/h13-14,17H,3-12H2,1-2H3,(H,19,20). The first kappa shape index (κ1) is 16.7. The highest BCUT2D eigenvalue weighted by Crippen LogP contribution is 2.31. The number of ether oxygens (including phenoxy) is 1. The van der Waals surface area contributed by atoms with Crippen LogP contribution in [0.3, 0.4) is 0 Å². The first-order chi connectivity index (χ1) is 10.1. The highest BCUT2D eigenvalue weighted by atomic mass is 16.5. The van der Waals surface area contributed by atoms with Gasteiger partial charge in [-0.15, -0.1) is 0 Å². The van der Waals surface area contributed by atoms with E-state index >= 15 is 0 Å². The molecule has 21 heavy (non-hydrogen) atoms. The predicted molar refractivity (Wildman–Crippen MR) is 82.5 cm³/mol. The number of carboxylic acids is 1. The summed E-state index contributed by atoms with van der Waals surface area (Å²) >= 11 is 0. The van der Waals surface area contributed by atoms with Crippen molar-refractivity contribution in [3.63, 3.8) is 0 Å². The molecule has 122 valence electrons. The molecule has 0 heterocycles. The Labute approximate surface area is 128 Å². The van der Waals surface area contributed by atoms with Crippen LogP contribution < -0.4 is 5.32 Å². The van der Waals surface area contributed by atoms with E-state index in [1.807, 2.05) is 6.92 Å². The van der Waals surface area contributed by atoms with E-state index in [2.05, 4.69) is 17.3 Å². The molecule has 2 N–H and O–H groups in total. The molecule has 2 atom stereocenters. The van der Waals surface area contributed by atoms with E-state index in [9.17, 15) is 9.90 Å². The summed E-state index contributed by atoms with van der Waals surface area (Å²) in [6.45, 7) is 5.22. The molecule has 0 spiro atoms. The number of hydrogen-bond acceptors (Lipinski definition) is 4. The monoisotopic (exact) mass is 298 g/mol. The van der Waals surface area contributed by atoms with Gasteiger partial charge in [-0.25, -0.2) is 0 Å². The molecular formula is C16H30N2O3. The molecule has 0 radical (unpaired) electrons. The van der Waals surface area contributed by atoms with Crippen LogP contribution in [0.1, 0.15) is 45.4 Å². The molecule has 5 nitrogen and oxygen atoms in total. The summed E-state index contributed by atoms with van der Waals surface area (Å²) in [7, 11) is 2.09. The number of carboxylic acid groups (broad SMARTS) is 1. The maximum atomic E-state index is 11.7. The highest BCUT2D eigenvalue weighted by molar-refractivity contribution is 5.79. The van der Waals surface area contributed by atoms with E-state index in [0.29, 0.717) is 19.0 Å². The summed E-state index contributed by atoms with van der Waals surface area (Å²) in [5, 5.41) is 12.8. The quantitative estimate of drug-likeness (QED) is 0.635. The van der Waals surface area contributed by atoms with Crippen LogP contribution in [0.4, 0.5) is 0 Å². The molecule has 2 unspecified atom stereocenters. The Balaban J connectivity index is 1.78. The first-order valence-corrected chi connectivity index (χ1v) is 8.34. The van der Waals surface area contributed by atoms with Crippen LogP contribution in [0.15, 0.2) is 0 Å². The van der Waals surface area contributed by atoms with Crippen molar-refractivity contribution in [1.29, 1.82) is 0 Å². The van der Waals surface area contributed by atoms with Crippen molar-refractivity contribution >= 4 is 5.97 Å². The Morgan fingerprint density at radius 1 is 1.43 bits per heavy atom. The van der Waals surface area contributed by atoms with Crippen LogP contribution in [0.2, 0.25) is 0 Å². The van der Waals surface area contributed by atoms with Crippen LogP contribution >= 0.6 is 0 Å². The maximum Gasteiger partial charge on any atom is 0.323 e. The summed E-state index contributed by atoms with van der Waals surface area (Å²) in [6.07, 6.45) is 6.12. The van der Waals surface area contributed by atoms with Crippen molar-refractivity contribution in [2.24, 2.45) is 5.92 Å². The van der Waals surface area contributed by atoms with E-state index in [0.717, 1.165) is 44.9 Å². The minimum Gasteiger partial charge on any atom is -0.480 e. The predicted octanol–water partition coefficient (Wildman–Crippen LogP) is 1.72. The van der Waals surface area contributed by atoms with Gasteiger partial charge in [0.2, 0.25) is 0 Å². The summed E-state index contributed by atoms with van der Waals surface area (Å²) in [5.74, 6) is 0.103. The van der Waals surface area contributed by atoms with Gasteiger partial charge in [0.25, 0.3) is 0 Å². The van der Waals surface area contributed by atoms with Crippen molar-refractivity contribution < 1.29 is 14.6 Å². The highest BCUT2D eigenvalue weighted by Gasteiger charge is 2.43. The van der Waals surface area contributed by atoms with Gasteiger partial charge < -0.3 is 20.1 Å². The third-order valence-corrected chi connectivity index (χ3v) is 4.91. The minimum absolute atomic E-state index is 0.332. The molecule has 0 aliphatic heterocycles. The maximum absolute atomic E-state index is 11.7. The molecule has 2 aliphatic carbocycles. The molecule has 2 aliphatic rings. The fraction of sp³-hybridized carbons (Fsp3) is 0.938. The lowest BCUT2D eigenvalue weighted by molar-refractivity contribution is -0.147. The number of likely N-dealkylation sites (N-methyl/N-ethyl adjacent to an activating group) is 2. The largest absolute Gasteiger partial charge is 0.480 e. The lowest BCUT2D eigenvalue weighted by Crippen LogP contribution is -2.58. The van der Waals surface area contributed by atoms with Crippen LogP contribution in [-0.4, -0.2) is 60.9 Å². The molecule has 0 saturated heterocycles. The van der Waals surface area contributed by atoms with Crippen molar-refractivity contribution in [2.75, 3.05) is 33.4 Å². The van der Waals surface area contributed by atoms with Gasteiger partial charge in [0.05, 0.1) is 6.61 Å². The molecule has 0 aromatic heterocycles. The smallest absolute Gasteiger partial charge is 0.323 e. The number of nitrogens with zero attached hydrogens (tertiary/aromatic N) is 1. The Hall–Kier alpha value is -0.650. The second-order valence-electron chi connectivity index (χ2n) is 6.67. The number of carbonyl (C=O) groups is 1. The van der Waals surface area contributed by atoms with Gasteiger partial charge in [0.15, 0.2) is 0 Å². The lowest BCUT2D eigenvalue weighted by Gasteiger charge is -2.41. The molecule has 0 aromatic rings. The van der Waals surface area contributed by atoms with Gasteiger partial charge in [-0.05, 0) is 58.0 Å². The van der Waals surface area contributed by atoms with Crippen molar-refractivity contribution in [3.8, 4) is 0 Å². The zero-order chi connectivity index (χ0) is 15.3. The SMILES string of the molecule is CCNC1(C(=O)O)CCCC(N(C)CCOCC2CC2)C1. The summed E-state index contributed by atoms with van der Waals surface area (Å²) < 4.78 is 5.69. The number of rotatable bonds is 9. The fourth-order valence-corrected chi connectivity index (χ4v) is 3.32. The summed E-state index contributed by atoms with van der Waals surface area (Å²) in [4.78, 5) is 13.9. The summed E-state index contributed by atoms with van der Waals surface area (Å²) in [5.41, 5.74) is -0.735. The van der Waals surface area contributed by atoms with Gasteiger partial charge >= 0.3 is 5.97 Å². The Bertz CT molecular complexity index is 342. The third-order valence-electron chi connectivity index (χ3n) is 4.91. The second-order valence-corrected chi connectivity index (χ2v) is 6.67. The fourth-order valence-electron chi connectivity index (χ4n) is 3.32. The first-order valence-electron chi connectivity index (χ1n) is 8.34. The van der Waals surface area contributed by atoms with Crippen LogP contribution in [-0.2, 0) is 9.53 Å². The Morgan fingerprint density at radius 2 is 2.19 bits per heavy atom. The van der Waals surface area contributed by atoms with E-state index in [1.165, 1.54) is 12.8 Å². The third kappa shape index (κ3) is 4.66. The normalized spacial score (nSPS) is 29.8. The van der Waals surface area contributed by atoms with E-state index in [4.69, 9.17) is 4.74 Å². The van der Waals surface area contributed by atoms with Crippen LogP contribution in [0.5, 0.6) is 0 Å². The van der Waals surface area contributed by atoms with E-state index in [1.54, 1.807) is 0 Å².